The highest BCUT2D eigenvalue weighted by Crippen LogP contribution is 2.39. The normalized spacial score (nSPS) is 10.8. The fourth-order valence-corrected chi connectivity index (χ4v) is 2.48. The van der Waals surface area contributed by atoms with Gasteiger partial charge in [0, 0.05) is 4.47 Å². The van der Waals surface area contributed by atoms with Crippen LogP contribution in [-0.2, 0) is 0 Å². The van der Waals surface area contributed by atoms with E-state index in [0.717, 1.165) is 10.0 Å². The molecule has 0 aliphatic heterocycles. The highest BCUT2D eigenvalue weighted by molar-refractivity contribution is 9.10. The number of halogens is 2. The maximum atomic E-state index is 5.98. The predicted molar refractivity (Wildman–Crippen MR) is 76.8 cm³/mol. The van der Waals surface area contributed by atoms with Gasteiger partial charge < -0.3 is 14.7 Å². The molecule has 0 saturated carbocycles. The van der Waals surface area contributed by atoms with E-state index in [1.54, 1.807) is 6.07 Å². The number of nitrogens with two attached hydrogens (primary N) is 1. The van der Waals surface area contributed by atoms with Gasteiger partial charge in [0.25, 0.3) is 0 Å². The smallest absolute Gasteiger partial charge is 0.230 e. The molecule has 0 amide bonds. The minimum atomic E-state index is 0.241. The van der Waals surface area contributed by atoms with Gasteiger partial charge in [-0.1, -0.05) is 33.2 Å². The average Bonchev–Trinajstić information content (AvgIpc) is 2.95. The van der Waals surface area contributed by atoms with Crippen molar-refractivity contribution < 1.29 is 8.94 Å². The maximum Gasteiger partial charge on any atom is 0.230 e. The first-order chi connectivity index (χ1) is 9.16. The third-order valence-electron chi connectivity index (χ3n) is 2.70. The van der Waals surface area contributed by atoms with Gasteiger partial charge in [-0.3, -0.25) is 0 Å². The van der Waals surface area contributed by atoms with Crippen molar-refractivity contribution in [2.75, 3.05) is 5.73 Å². The molecule has 6 heteroatoms. The van der Waals surface area contributed by atoms with Gasteiger partial charge in [0.1, 0.15) is 5.69 Å². The number of benzene rings is 1. The first-order valence-electron chi connectivity index (χ1n) is 5.41. The van der Waals surface area contributed by atoms with Crippen molar-refractivity contribution in [3.63, 3.8) is 0 Å². The van der Waals surface area contributed by atoms with Gasteiger partial charge >= 0.3 is 0 Å². The van der Waals surface area contributed by atoms with E-state index in [1.165, 1.54) is 6.26 Å². The van der Waals surface area contributed by atoms with Crippen molar-refractivity contribution in [3.05, 3.63) is 46.3 Å². The van der Waals surface area contributed by atoms with Crippen LogP contribution < -0.4 is 5.73 Å². The molecule has 0 spiro atoms. The van der Waals surface area contributed by atoms with Crippen LogP contribution in [0, 0.1) is 0 Å². The lowest BCUT2D eigenvalue weighted by Crippen LogP contribution is -1.87. The number of hydrogen-bond donors (Lipinski definition) is 1. The zero-order valence-electron chi connectivity index (χ0n) is 9.56. The van der Waals surface area contributed by atoms with Crippen LogP contribution in [0.15, 0.2) is 50.0 Å². The monoisotopic (exact) mass is 338 g/mol. The van der Waals surface area contributed by atoms with E-state index in [4.69, 9.17) is 26.3 Å². The molecule has 0 bridgehead atoms. The van der Waals surface area contributed by atoms with E-state index in [2.05, 4.69) is 21.1 Å². The second kappa shape index (κ2) is 4.75. The van der Waals surface area contributed by atoms with Crippen LogP contribution in [0.25, 0.3) is 22.4 Å². The van der Waals surface area contributed by atoms with E-state index < -0.39 is 0 Å². The molecule has 0 unspecified atom stereocenters. The van der Waals surface area contributed by atoms with Crippen LogP contribution in [0.5, 0.6) is 0 Å². The minimum absolute atomic E-state index is 0.241. The molecule has 3 rings (SSSR count). The molecule has 0 atom stereocenters. The lowest BCUT2D eigenvalue weighted by molar-refractivity contribution is 0.439. The van der Waals surface area contributed by atoms with Crippen molar-refractivity contribution in [2.24, 2.45) is 0 Å². The Morgan fingerprint density at radius 3 is 2.79 bits per heavy atom. The van der Waals surface area contributed by atoms with Gasteiger partial charge in [-0.05, 0) is 35.4 Å². The molecule has 0 fully saturated rings. The van der Waals surface area contributed by atoms with Crippen LogP contribution in [0.3, 0.4) is 0 Å². The molecule has 0 aliphatic carbocycles. The van der Waals surface area contributed by atoms with Gasteiger partial charge in [0.05, 0.1) is 17.4 Å². The topological polar surface area (TPSA) is 65.2 Å². The maximum absolute atomic E-state index is 5.98. The molecule has 3 aromatic rings. The largest absolute Gasteiger partial charge is 0.452 e. The van der Waals surface area contributed by atoms with Crippen LogP contribution in [0.4, 0.5) is 5.88 Å². The number of furan rings is 1. The summed E-state index contributed by atoms with van der Waals surface area (Å²) in [4.78, 5) is 0. The van der Waals surface area contributed by atoms with E-state index in [-0.39, 0.29) is 11.1 Å². The van der Waals surface area contributed by atoms with Gasteiger partial charge in [0.2, 0.25) is 11.1 Å². The summed E-state index contributed by atoms with van der Waals surface area (Å²) in [6, 6.07) is 9.41. The summed E-state index contributed by atoms with van der Waals surface area (Å²) in [6.07, 6.45) is 1.49. The highest BCUT2D eigenvalue weighted by Gasteiger charge is 2.20. The summed E-state index contributed by atoms with van der Waals surface area (Å²) in [7, 11) is 0. The quantitative estimate of drug-likeness (QED) is 0.741. The second-order valence-corrected chi connectivity index (χ2v) is 5.15. The molecular weight excluding hydrogens is 332 g/mol. The number of hydrogen-bond acceptors (Lipinski definition) is 4. The fourth-order valence-electron chi connectivity index (χ4n) is 1.87. The summed E-state index contributed by atoms with van der Waals surface area (Å²) in [6.45, 7) is 0. The molecule has 0 radical (unpaired) electrons. The Morgan fingerprint density at radius 2 is 2.11 bits per heavy atom. The lowest BCUT2D eigenvalue weighted by Gasteiger charge is -2.02. The molecule has 0 saturated heterocycles. The summed E-state index contributed by atoms with van der Waals surface area (Å²) >= 11 is 9.40. The first kappa shape index (κ1) is 12.3. The fraction of sp³-hybridized carbons (Fsp3) is 0. The van der Waals surface area contributed by atoms with E-state index in [1.807, 2.05) is 24.3 Å². The van der Waals surface area contributed by atoms with Crippen molar-refractivity contribution in [1.82, 2.24) is 5.16 Å². The minimum Gasteiger partial charge on any atom is -0.452 e. The molecule has 4 nitrogen and oxygen atoms in total. The number of anilines is 1. The molecule has 2 aromatic heterocycles. The van der Waals surface area contributed by atoms with Gasteiger partial charge in [0.15, 0.2) is 0 Å². The molecule has 0 aliphatic rings. The van der Waals surface area contributed by atoms with Gasteiger partial charge in [-0.25, -0.2) is 0 Å². The van der Waals surface area contributed by atoms with Gasteiger partial charge in [-0.2, -0.15) is 0 Å². The van der Waals surface area contributed by atoms with E-state index in [0.29, 0.717) is 16.8 Å². The number of rotatable bonds is 2. The van der Waals surface area contributed by atoms with Crippen LogP contribution in [0.1, 0.15) is 0 Å². The SMILES string of the molecule is Nc1onc(-c2ccoc2Cl)c1-c1cccc(Br)c1. The molecule has 19 heavy (non-hydrogen) atoms. The third kappa shape index (κ3) is 2.15. The Balaban J connectivity index is 2.22. The molecule has 2 N–H and O–H groups in total. The standard InChI is InChI=1S/C13H8BrClN2O2/c14-8-3-1-2-7(6-8)10-11(17-19-13(10)16)9-4-5-18-12(9)15/h1-6H,16H2. The molecule has 2 heterocycles. The molecule has 1 aromatic carbocycles. The van der Waals surface area contributed by atoms with Crippen LogP contribution in [0.2, 0.25) is 5.22 Å². The highest BCUT2D eigenvalue weighted by atomic mass is 79.9. The van der Waals surface area contributed by atoms with Crippen LogP contribution >= 0.6 is 27.5 Å². The zero-order valence-corrected chi connectivity index (χ0v) is 11.9. The summed E-state index contributed by atoms with van der Waals surface area (Å²) < 4.78 is 11.1. The summed E-state index contributed by atoms with van der Waals surface area (Å²) in [5.74, 6) is 0.241. The summed E-state index contributed by atoms with van der Waals surface area (Å²) in [5, 5.41) is 4.22. The second-order valence-electron chi connectivity index (χ2n) is 3.89. The molecule has 96 valence electrons. The average molecular weight is 340 g/mol. The Labute approximate surface area is 122 Å². The zero-order chi connectivity index (χ0) is 13.4. The van der Waals surface area contributed by atoms with E-state index in [9.17, 15) is 0 Å². The first-order valence-corrected chi connectivity index (χ1v) is 6.58. The number of aromatic nitrogens is 1. The summed E-state index contributed by atoms with van der Waals surface area (Å²) in [5.41, 5.74) is 8.66. The van der Waals surface area contributed by atoms with Crippen LogP contribution in [-0.4, -0.2) is 5.16 Å². The van der Waals surface area contributed by atoms with Crippen molar-refractivity contribution >= 4 is 33.4 Å². The Bertz CT molecular complexity index is 736. The predicted octanol–water partition coefficient (Wildman–Crippen LogP) is 4.60. The number of nitrogens with zero attached hydrogens (tertiary/aromatic N) is 1. The number of nitrogen functional groups attached to an aromatic ring is 1. The van der Waals surface area contributed by atoms with Gasteiger partial charge in [-0.15, -0.1) is 0 Å². The Morgan fingerprint density at radius 1 is 1.26 bits per heavy atom. The van der Waals surface area contributed by atoms with Crippen molar-refractivity contribution in [3.8, 4) is 22.4 Å². The van der Waals surface area contributed by atoms with Crippen molar-refractivity contribution in [1.29, 1.82) is 0 Å². The Hall–Kier alpha value is -1.72. The lowest BCUT2D eigenvalue weighted by atomic mass is 10.0. The molecular formula is C13H8BrClN2O2. The van der Waals surface area contributed by atoms with Crippen molar-refractivity contribution in [2.45, 2.75) is 0 Å². The third-order valence-corrected chi connectivity index (χ3v) is 3.49. The van der Waals surface area contributed by atoms with E-state index >= 15 is 0 Å². The Kier molecular flexibility index (Phi) is 3.08.